The smallest absolute Gasteiger partial charge is 0.0507 e. The van der Waals surface area contributed by atoms with Crippen molar-refractivity contribution in [3.8, 4) is 0 Å². The summed E-state index contributed by atoms with van der Waals surface area (Å²) >= 11 is 0. The standard InChI is InChI=1S/C18H37N3/c1-17(2,3)16-7-9-19(10-8-16)15-20-11-13-21(14-12-20)18(4,5)6/h16H,7-15H2,1-6H3. The quantitative estimate of drug-likeness (QED) is 0.775. The van der Waals surface area contributed by atoms with Crippen LogP contribution in [0.3, 0.4) is 0 Å². The first-order chi connectivity index (χ1) is 9.66. The third-order valence-corrected chi connectivity index (χ3v) is 5.53. The molecule has 0 aliphatic carbocycles. The molecule has 21 heavy (non-hydrogen) atoms. The minimum Gasteiger partial charge on any atom is -0.296 e. The Morgan fingerprint density at radius 1 is 0.714 bits per heavy atom. The lowest BCUT2D eigenvalue weighted by atomic mass is 9.75. The molecule has 2 fully saturated rings. The van der Waals surface area contributed by atoms with Crippen LogP contribution in [-0.4, -0.2) is 66.2 Å². The van der Waals surface area contributed by atoms with Gasteiger partial charge in [-0.1, -0.05) is 20.8 Å². The highest BCUT2D eigenvalue weighted by Gasteiger charge is 2.30. The molecule has 124 valence electrons. The molecule has 2 heterocycles. The van der Waals surface area contributed by atoms with Crippen molar-refractivity contribution in [3.05, 3.63) is 0 Å². The minimum atomic E-state index is 0.331. The van der Waals surface area contributed by atoms with Crippen molar-refractivity contribution in [2.75, 3.05) is 45.9 Å². The zero-order valence-corrected chi connectivity index (χ0v) is 15.3. The second-order valence-corrected chi connectivity index (χ2v) is 9.18. The second-order valence-electron chi connectivity index (χ2n) is 9.18. The molecule has 0 saturated carbocycles. The maximum Gasteiger partial charge on any atom is 0.0507 e. The zero-order valence-electron chi connectivity index (χ0n) is 15.3. The number of nitrogens with zero attached hydrogens (tertiary/aromatic N) is 3. The average Bonchev–Trinajstić information content (AvgIpc) is 2.38. The highest BCUT2D eigenvalue weighted by Crippen LogP contribution is 2.34. The summed E-state index contributed by atoms with van der Waals surface area (Å²) in [7, 11) is 0. The van der Waals surface area contributed by atoms with Gasteiger partial charge in [0.05, 0.1) is 6.67 Å². The maximum atomic E-state index is 2.68. The summed E-state index contributed by atoms with van der Waals surface area (Å²) < 4.78 is 0. The van der Waals surface area contributed by atoms with Crippen LogP contribution in [0.1, 0.15) is 54.4 Å². The van der Waals surface area contributed by atoms with Crippen LogP contribution < -0.4 is 0 Å². The molecular weight excluding hydrogens is 258 g/mol. The molecule has 3 nitrogen and oxygen atoms in total. The maximum absolute atomic E-state index is 2.68. The van der Waals surface area contributed by atoms with Crippen LogP contribution >= 0.6 is 0 Å². The van der Waals surface area contributed by atoms with Crippen molar-refractivity contribution in [3.63, 3.8) is 0 Å². The van der Waals surface area contributed by atoms with Gasteiger partial charge in [-0.3, -0.25) is 14.7 Å². The Morgan fingerprint density at radius 3 is 1.62 bits per heavy atom. The molecule has 0 spiro atoms. The fraction of sp³-hybridized carbons (Fsp3) is 1.00. The Morgan fingerprint density at radius 2 is 1.19 bits per heavy atom. The lowest BCUT2D eigenvalue weighted by molar-refractivity contribution is 0.0166. The summed E-state index contributed by atoms with van der Waals surface area (Å²) in [5, 5.41) is 0. The van der Waals surface area contributed by atoms with Crippen LogP contribution in [0.5, 0.6) is 0 Å². The van der Waals surface area contributed by atoms with Crippen LogP contribution in [-0.2, 0) is 0 Å². The molecule has 0 atom stereocenters. The molecule has 3 heteroatoms. The van der Waals surface area contributed by atoms with E-state index in [1.54, 1.807) is 0 Å². The molecule has 0 unspecified atom stereocenters. The Kier molecular flexibility index (Phi) is 5.38. The first-order valence-corrected chi connectivity index (χ1v) is 8.86. The molecule has 2 rings (SSSR count). The summed E-state index contributed by atoms with van der Waals surface area (Å²) in [5.74, 6) is 0.909. The van der Waals surface area contributed by atoms with Crippen LogP contribution in [0.15, 0.2) is 0 Å². The van der Waals surface area contributed by atoms with Crippen molar-refractivity contribution in [2.24, 2.45) is 11.3 Å². The highest BCUT2D eigenvalue weighted by molar-refractivity contribution is 4.84. The van der Waals surface area contributed by atoms with E-state index in [0.29, 0.717) is 11.0 Å². The van der Waals surface area contributed by atoms with E-state index in [9.17, 15) is 0 Å². The van der Waals surface area contributed by atoms with Gasteiger partial charge in [0.1, 0.15) is 0 Å². The molecular formula is C18H37N3. The van der Waals surface area contributed by atoms with Crippen LogP contribution in [0.25, 0.3) is 0 Å². The molecule has 0 N–H and O–H groups in total. The van der Waals surface area contributed by atoms with E-state index in [1.165, 1.54) is 58.8 Å². The first kappa shape index (κ1) is 17.2. The molecule has 2 aliphatic heterocycles. The van der Waals surface area contributed by atoms with Crippen molar-refractivity contribution in [1.29, 1.82) is 0 Å². The number of hydrogen-bond donors (Lipinski definition) is 0. The Balaban J connectivity index is 1.71. The number of likely N-dealkylation sites (tertiary alicyclic amines) is 1. The number of piperazine rings is 1. The van der Waals surface area contributed by atoms with Crippen molar-refractivity contribution in [1.82, 2.24) is 14.7 Å². The van der Waals surface area contributed by atoms with Crippen LogP contribution in [0.4, 0.5) is 0 Å². The number of piperidine rings is 1. The summed E-state index contributed by atoms with van der Waals surface area (Å²) in [6.07, 6.45) is 2.76. The topological polar surface area (TPSA) is 9.72 Å². The molecule has 0 bridgehead atoms. The molecule has 2 saturated heterocycles. The van der Waals surface area contributed by atoms with E-state index in [4.69, 9.17) is 0 Å². The lowest BCUT2D eigenvalue weighted by Gasteiger charge is -2.45. The fourth-order valence-corrected chi connectivity index (χ4v) is 3.78. The van der Waals surface area contributed by atoms with Gasteiger partial charge in [0.2, 0.25) is 0 Å². The van der Waals surface area contributed by atoms with Crippen LogP contribution in [0, 0.1) is 11.3 Å². The van der Waals surface area contributed by atoms with Crippen LogP contribution in [0.2, 0.25) is 0 Å². The highest BCUT2D eigenvalue weighted by atomic mass is 15.4. The van der Waals surface area contributed by atoms with E-state index < -0.39 is 0 Å². The van der Waals surface area contributed by atoms with E-state index in [1.807, 2.05) is 0 Å². The van der Waals surface area contributed by atoms with E-state index in [-0.39, 0.29) is 0 Å². The molecule has 0 radical (unpaired) electrons. The van der Waals surface area contributed by atoms with Gasteiger partial charge < -0.3 is 0 Å². The van der Waals surface area contributed by atoms with Gasteiger partial charge in [0, 0.05) is 31.7 Å². The van der Waals surface area contributed by atoms with Crippen molar-refractivity contribution >= 4 is 0 Å². The summed E-state index contributed by atoms with van der Waals surface area (Å²) in [5.41, 5.74) is 0.821. The van der Waals surface area contributed by atoms with Crippen molar-refractivity contribution in [2.45, 2.75) is 59.9 Å². The predicted octanol–water partition coefficient (Wildman–Crippen LogP) is 3.12. The van der Waals surface area contributed by atoms with E-state index >= 15 is 0 Å². The van der Waals surface area contributed by atoms with Crippen molar-refractivity contribution < 1.29 is 0 Å². The van der Waals surface area contributed by atoms with Gasteiger partial charge in [-0.05, 0) is 58.0 Å². The van der Waals surface area contributed by atoms with Gasteiger partial charge in [-0.15, -0.1) is 0 Å². The summed E-state index contributed by atoms with van der Waals surface area (Å²) in [6, 6.07) is 0. The van der Waals surface area contributed by atoms with E-state index in [0.717, 1.165) is 5.92 Å². The molecule has 0 aromatic heterocycles. The molecule has 0 aromatic rings. The summed E-state index contributed by atoms with van der Waals surface area (Å²) in [6.45, 7) is 22.9. The average molecular weight is 296 g/mol. The SMILES string of the molecule is CC(C)(C)C1CCN(CN2CCN(C(C)(C)C)CC2)CC1. The third kappa shape index (κ3) is 4.94. The molecule has 0 amide bonds. The van der Waals surface area contributed by atoms with Gasteiger partial charge in [-0.2, -0.15) is 0 Å². The largest absolute Gasteiger partial charge is 0.296 e. The lowest BCUT2D eigenvalue weighted by Crippen LogP contribution is -2.55. The predicted molar refractivity (Wildman–Crippen MR) is 91.5 cm³/mol. The zero-order chi connectivity index (χ0) is 15.7. The minimum absolute atomic E-state index is 0.331. The number of rotatable bonds is 2. The first-order valence-electron chi connectivity index (χ1n) is 8.86. The third-order valence-electron chi connectivity index (χ3n) is 5.53. The number of hydrogen-bond acceptors (Lipinski definition) is 3. The van der Waals surface area contributed by atoms with Gasteiger partial charge >= 0.3 is 0 Å². The summed E-state index contributed by atoms with van der Waals surface area (Å²) in [4.78, 5) is 7.95. The van der Waals surface area contributed by atoms with Gasteiger partial charge in [0.15, 0.2) is 0 Å². The van der Waals surface area contributed by atoms with Gasteiger partial charge in [-0.25, -0.2) is 0 Å². The van der Waals surface area contributed by atoms with Gasteiger partial charge in [0.25, 0.3) is 0 Å². The Labute approximate surface area is 132 Å². The normalized spacial score (nSPS) is 25.4. The van der Waals surface area contributed by atoms with E-state index in [2.05, 4.69) is 56.2 Å². The monoisotopic (exact) mass is 295 g/mol. The second kappa shape index (κ2) is 6.55. The molecule has 2 aliphatic rings. The Bertz CT molecular complexity index is 278. The molecule has 0 aromatic carbocycles. The Hall–Kier alpha value is -0.120. The fourth-order valence-electron chi connectivity index (χ4n) is 3.78.